The molecule has 4 nitrogen and oxygen atoms in total. The summed E-state index contributed by atoms with van der Waals surface area (Å²) in [6, 6.07) is 7.56. The number of para-hydroxylation sites is 2. The van der Waals surface area contributed by atoms with Crippen LogP contribution >= 0.6 is 11.6 Å². The molecule has 1 heterocycles. The Hall–Kier alpha value is -1.26. The minimum atomic E-state index is 0.0643. The Morgan fingerprint density at radius 2 is 2.17 bits per heavy atom. The van der Waals surface area contributed by atoms with Crippen molar-refractivity contribution in [2.45, 2.75) is 6.42 Å². The van der Waals surface area contributed by atoms with Gasteiger partial charge in [0, 0.05) is 12.4 Å². The number of ether oxygens (including phenoxy) is 2. The molecule has 98 valence electrons. The number of hydrogen-bond donors (Lipinski definition) is 0. The molecule has 0 atom stereocenters. The van der Waals surface area contributed by atoms with E-state index < -0.39 is 0 Å². The van der Waals surface area contributed by atoms with Crippen molar-refractivity contribution in [1.82, 2.24) is 0 Å². The van der Waals surface area contributed by atoms with Gasteiger partial charge in [0.15, 0.2) is 0 Å². The molecule has 0 N–H and O–H groups in total. The zero-order chi connectivity index (χ0) is 12.8. The molecule has 0 aromatic heterocycles. The van der Waals surface area contributed by atoms with Crippen LogP contribution in [0.15, 0.2) is 24.3 Å². The van der Waals surface area contributed by atoms with Crippen molar-refractivity contribution in [3.05, 3.63) is 24.3 Å². The lowest BCUT2D eigenvalue weighted by molar-refractivity contribution is -0.119. The summed E-state index contributed by atoms with van der Waals surface area (Å²) in [5.41, 5.74) is 0.814. The smallest absolute Gasteiger partial charge is 0.230 e. The van der Waals surface area contributed by atoms with Crippen LogP contribution in [0.2, 0.25) is 0 Å². The number of halogens is 1. The second kappa shape index (κ2) is 6.61. The number of nitrogens with zero attached hydrogens (tertiary/aromatic N) is 1. The van der Waals surface area contributed by atoms with Crippen LogP contribution in [-0.2, 0) is 9.53 Å². The lowest BCUT2D eigenvalue weighted by atomic mass is 10.2. The van der Waals surface area contributed by atoms with Gasteiger partial charge in [-0.05, 0) is 12.1 Å². The van der Waals surface area contributed by atoms with Gasteiger partial charge in [-0.15, -0.1) is 11.6 Å². The van der Waals surface area contributed by atoms with Gasteiger partial charge in [-0.2, -0.15) is 0 Å². The number of hydrogen-bond acceptors (Lipinski definition) is 3. The van der Waals surface area contributed by atoms with Crippen molar-refractivity contribution in [3.8, 4) is 5.75 Å². The number of amides is 1. The number of benzene rings is 1. The first-order valence-electron chi connectivity index (χ1n) is 5.99. The highest BCUT2D eigenvalue weighted by Gasteiger charge is 2.22. The summed E-state index contributed by atoms with van der Waals surface area (Å²) in [5, 5.41) is 0. The SMILES string of the molecule is O=C1CCOc2ccccc2N1CCOCCCl. The Morgan fingerprint density at radius 3 is 3.00 bits per heavy atom. The summed E-state index contributed by atoms with van der Waals surface area (Å²) in [6.45, 7) is 1.93. The first-order valence-corrected chi connectivity index (χ1v) is 6.52. The van der Waals surface area contributed by atoms with Gasteiger partial charge in [0.1, 0.15) is 5.75 Å². The van der Waals surface area contributed by atoms with Crippen LogP contribution in [0.25, 0.3) is 0 Å². The van der Waals surface area contributed by atoms with E-state index in [1.807, 2.05) is 24.3 Å². The third-order valence-corrected chi connectivity index (χ3v) is 2.87. The Bertz CT molecular complexity index is 411. The second-order valence-corrected chi connectivity index (χ2v) is 4.29. The van der Waals surface area contributed by atoms with Crippen molar-refractivity contribution in [3.63, 3.8) is 0 Å². The summed E-state index contributed by atoms with van der Waals surface area (Å²) < 4.78 is 10.9. The van der Waals surface area contributed by atoms with E-state index in [1.54, 1.807) is 4.90 Å². The molecular weight excluding hydrogens is 254 g/mol. The lowest BCUT2D eigenvalue weighted by Gasteiger charge is -2.21. The van der Waals surface area contributed by atoms with Crippen LogP contribution in [0.1, 0.15) is 6.42 Å². The van der Waals surface area contributed by atoms with Crippen LogP contribution in [0.4, 0.5) is 5.69 Å². The first-order chi connectivity index (χ1) is 8.83. The minimum Gasteiger partial charge on any atom is -0.491 e. The number of fused-ring (bicyclic) bond motifs is 1. The Balaban J connectivity index is 2.08. The summed E-state index contributed by atoms with van der Waals surface area (Å²) in [4.78, 5) is 13.7. The number of anilines is 1. The average Bonchev–Trinajstić information content (AvgIpc) is 2.54. The summed E-state index contributed by atoms with van der Waals surface area (Å²) in [6.07, 6.45) is 0.393. The van der Waals surface area contributed by atoms with Crippen LogP contribution in [0, 0.1) is 0 Å². The maximum atomic E-state index is 12.0. The molecule has 1 aliphatic heterocycles. The molecule has 0 aliphatic carbocycles. The molecule has 0 radical (unpaired) electrons. The number of alkyl halides is 1. The van der Waals surface area contributed by atoms with E-state index >= 15 is 0 Å². The fourth-order valence-corrected chi connectivity index (χ4v) is 1.99. The third-order valence-electron chi connectivity index (χ3n) is 2.71. The fourth-order valence-electron chi connectivity index (χ4n) is 1.88. The monoisotopic (exact) mass is 269 g/mol. The molecular formula is C13H16ClNO3. The van der Waals surface area contributed by atoms with Crippen LogP contribution < -0.4 is 9.64 Å². The van der Waals surface area contributed by atoms with Crippen molar-refractivity contribution < 1.29 is 14.3 Å². The lowest BCUT2D eigenvalue weighted by Crippen LogP contribution is -2.33. The molecule has 0 saturated carbocycles. The average molecular weight is 270 g/mol. The van der Waals surface area contributed by atoms with Gasteiger partial charge in [-0.25, -0.2) is 0 Å². The van der Waals surface area contributed by atoms with Crippen molar-refractivity contribution >= 4 is 23.2 Å². The minimum absolute atomic E-state index is 0.0643. The molecule has 0 bridgehead atoms. The zero-order valence-corrected chi connectivity index (χ0v) is 10.9. The maximum Gasteiger partial charge on any atom is 0.230 e. The van der Waals surface area contributed by atoms with Gasteiger partial charge in [0.2, 0.25) is 5.91 Å². The van der Waals surface area contributed by atoms with Crippen molar-refractivity contribution in [2.75, 3.05) is 37.1 Å². The number of rotatable bonds is 5. The predicted molar refractivity (Wildman–Crippen MR) is 70.4 cm³/mol. The van der Waals surface area contributed by atoms with E-state index in [4.69, 9.17) is 21.1 Å². The van der Waals surface area contributed by atoms with Gasteiger partial charge in [-0.3, -0.25) is 4.79 Å². The van der Waals surface area contributed by atoms with E-state index in [9.17, 15) is 4.79 Å². The van der Waals surface area contributed by atoms with E-state index in [-0.39, 0.29) is 5.91 Å². The summed E-state index contributed by atoms with van der Waals surface area (Å²) in [7, 11) is 0. The van der Waals surface area contributed by atoms with Gasteiger partial charge in [0.25, 0.3) is 0 Å². The molecule has 1 aromatic rings. The predicted octanol–water partition coefficient (Wildman–Crippen LogP) is 2.06. The van der Waals surface area contributed by atoms with Crippen LogP contribution in [0.3, 0.4) is 0 Å². The standard InChI is InChI=1S/C13H16ClNO3/c14-6-9-17-10-7-15-11-3-1-2-4-12(11)18-8-5-13(15)16/h1-4H,5-10H2. The van der Waals surface area contributed by atoms with Gasteiger partial charge in [0.05, 0.1) is 31.9 Å². The first kappa shape index (κ1) is 13.2. The topological polar surface area (TPSA) is 38.8 Å². The zero-order valence-electron chi connectivity index (χ0n) is 10.1. The van der Waals surface area contributed by atoms with E-state index in [2.05, 4.69) is 0 Å². The highest BCUT2D eigenvalue weighted by Crippen LogP contribution is 2.30. The maximum absolute atomic E-state index is 12.0. The van der Waals surface area contributed by atoms with Gasteiger partial charge < -0.3 is 14.4 Å². The largest absolute Gasteiger partial charge is 0.491 e. The third kappa shape index (κ3) is 3.15. The Morgan fingerprint density at radius 1 is 1.33 bits per heavy atom. The highest BCUT2D eigenvalue weighted by atomic mass is 35.5. The number of carbonyl (C=O) groups is 1. The molecule has 2 rings (SSSR count). The molecule has 1 aromatic carbocycles. The van der Waals surface area contributed by atoms with Gasteiger partial charge in [-0.1, -0.05) is 12.1 Å². The van der Waals surface area contributed by atoms with Crippen LogP contribution in [0.5, 0.6) is 5.75 Å². The summed E-state index contributed by atoms with van der Waals surface area (Å²) in [5.74, 6) is 1.28. The number of carbonyl (C=O) groups excluding carboxylic acids is 1. The molecule has 0 fully saturated rings. The normalized spacial score (nSPS) is 14.9. The molecule has 0 saturated heterocycles. The van der Waals surface area contributed by atoms with Crippen molar-refractivity contribution in [1.29, 1.82) is 0 Å². The van der Waals surface area contributed by atoms with E-state index in [0.717, 1.165) is 11.4 Å². The quantitative estimate of drug-likeness (QED) is 0.607. The van der Waals surface area contributed by atoms with E-state index in [0.29, 0.717) is 38.7 Å². The van der Waals surface area contributed by atoms with Crippen molar-refractivity contribution in [2.24, 2.45) is 0 Å². The molecule has 18 heavy (non-hydrogen) atoms. The molecule has 0 unspecified atom stereocenters. The molecule has 1 aliphatic rings. The molecule has 1 amide bonds. The molecule has 0 spiro atoms. The highest BCUT2D eigenvalue weighted by molar-refractivity contribution is 6.17. The van der Waals surface area contributed by atoms with Crippen LogP contribution in [-0.4, -0.2) is 38.2 Å². The van der Waals surface area contributed by atoms with Gasteiger partial charge >= 0.3 is 0 Å². The Labute approximate surface area is 111 Å². The summed E-state index contributed by atoms with van der Waals surface area (Å²) >= 11 is 5.53. The Kier molecular flexibility index (Phi) is 4.84. The van der Waals surface area contributed by atoms with E-state index in [1.165, 1.54) is 0 Å². The fraction of sp³-hybridized carbons (Fsp3) is 0.462. The second-order valence-electron chi connectivity index (χ2n) is 3.91. The molecule has 5 heteroatoms.